The zero-order chi connectivity index (χ0) is 14.4. The molecular formula is C13H16N4O3. The molecule has 1 N–H and O–H groups in total. The van der Waals surface area contributed by atoms with Crippen LogP contribution in [0.4, 0.5) is 5.69 Å². The highest BCUT2D eigenvalue weighted by Gasteiger charge is 2.13. The summed E-state index contributed by atoms with van der Waals surface area (Å²) in [6.45, 7) is 2.70. The Balaban J connectivity index is 1.97. The third-order valence-electron chi connectivity index (χ3n) is 3.03. The molecule has 1 atom stereocenters. The van der Waals surface area contributed by atoms with Crippen LogP contribution in [0, 0.1) is 10.1 Å². The molecule has 0 spiro atoms. The summed E-state index contributed by atoms with van der Waals surface area (Å²) in [5.41, 5.74) is 1.02. The van der Waals surface area contributed by atoms with E-state index in [1.165, 1.54) is 12.4 Å². The van der Waals surface area contributed by atoms with Gasteiger partial charge in [0.1, 0.15) is 0 Å². The number of benzene rings is 1. The fourth-order valence-corrected chi connectivity index (χ4v) is 2.01. The van der Waals surface area contributed by atoms with Gasteiger partial charge in [0, 0.05) is 31.1 Å². The SMILES string of the molecule is CCC(NCCc1ncno1)c1cccc([N+](=O)[O-])c1. The summed E-state index contributed by atoms with van der Waals surface area (Å²) < 4.78 is 4.91. The molecule has 0 aliphatic carbocycles. The van der Waals surface area contributed by atoms with Gasteiger partial charge in [0.15, 0.2) is 6.33 Å². The highest BCUT2D eigenvalue weighted by molar-refractivity contribution is 5.35. The number of nitrogens with one attached hydrogen (secondary N) is 1. The van der Waals surface area contributed by atoms with Crippen LogP contribution in [-0.4, -0.2) is 21.6 Å². The molecule has 2 rings (SSSR count). The molecule has 1 unspecified atom stereocenters. The Morgan fingerprint density at radius 2 is 2.35 bits per heavy atom. The van der Waals surface area contributed by atoms with Gasteiger partial charge in [-0.2, -0.15) is 4.98 Å². The molecule has 0 amide bonds. The van der Waals surface area contributed by atoms with E-state index in [4.69, 9.17) is 4.52 Å². The topological polar surface area (TPSA) is 94.1 Å². The van der Waals surface area contributed by atoms with E-state index in [1.807, 2.05) is 13.0 Å². The Morgan fingerprint density at radius 3 is 3.00 bits per heavy atom. The van der Waals surface area contributed by atoms with Crippen LogP contribution in [0.2, 0.25) is 0 Å². The van der Waals surface area contributed by atoms with Gasteiger partial charge in [0.2, 0.25) is 5.89 Å². The average Bonchev–Trinajstić information content (AvgIpc) is 2.97. The van der Waals surface area contributed by atoms with E-state index in [9.17, 15) is 10.1 Å². The molecule has 1 aromatic carbocycles. The lowest BCUT2D eigenvalue weighted by atomic mass is 10.0. The van der Waals surface area contributed by atoms with E-state index >= 15 is 0 Å². The van der Waals surface area contributed by atoms with Crippen molar-refractivity contribution in [1.29, 1.82) is 0 Å². The van der Waals surface area contributed by atoms with Gasteiger partial charge in [-0.3, -0.25) is 10.1 Å². The van der Waals surface area contributed by atoms with Crippen molar-refractivity contribution in [3.63, 3.8) is 0 Å². The standard InChI is InChI=1S/C13H16N4O3/c1-2-12(14-7-6-13-15-9-16-20-13)10-4-3-5-11(8-10)17(18)19/h3-5,8-9,12,14H,2,6-7H2,1H3. The monoisotopic (exact) mass is 276 g/mol. The summed E-state index contributed by atoms with van der Waals surface area (Å²) in [6, 6.07) is 6.76. The van der Waals surface area contributed by atoms with E-state index in [-0.39, 0.29) is 16.7 Å². The lowest BCUT2D eigenvalue weighted by molar-refractivity contribution is -0.384. The molecule has 0 aliphatic heterocycles. The first kappa shape index (κ1) is 14.1. The summed E-state index contributed by atoms with van der Waals surface area (Å²) in [4.78, 5) is 14.4. The van der Waals surface area contributed by atoms with Crippen LogP contribution < -0.4 is 5.32 Å². The Kier molecular flexibility index (Phi) is 4.78. The average molecular weight is 276 g/mol. The van der Waals surface area contributed by atoms with Gasteiger partial charge in [-0.25, -0.2) is 0 Å². The summed E-state index contributed by atoms with van der Waals surface area (Å²) >= 11 is 0. The molecule has 1 heterocycles. The summed E-state index contributed by atoms with van der Waals surface area (Å²) in [5.74, 6) is 0.575. The van der Waals surface area contributed by atoms with Gasteiger partial charge >= 0.3 is 0 Å². The number of non-ortho nitro benzene ring substituents is 1. The molecule has 0 fully saturated rings. The quantitative estimate of drug-likeness (QED) is 0.615. The van der Waals surface area contributed by atoms with Gasteiger partial charge in [-0.1, -0.05) is 24.2 Å². The van der Waals surface area contributed by atoms with Crippen molar-refractivity contribution in [2.75, 3.05) is 6.54 Å². The second-order valence-corrected chi connectivity index (χ2v) is 4.35. The van der Waals surface area contributed by atoms with Crippen LogP contribution in [0.25, 0.3) is 0 Å². The van der Waals surface area contributed by atoms with Crippen molar-refractivity contribution in [3.8, 4) is 0 Å². The second kappa shape index (κ2) is 6.76. The first-order chi connectivity index (χ1) is 9.70. The molecule has 2 aromatic rings. The Labute approximate surface area is 116 Å². The number of aromatic nitrogens is 2. The van der Waals surface area contributed by atoms with Crippen LogP contribution >= 0.6 is 0 Å². The van der Waals surface area contributed by atoms with E-state index in [0.29, 0.717) is 18.9 Å². The molecule has 106 valence electrons. The molecule has 1 aromatic heterocycles. The van der Waals surface area contributed by atoms with Crippen LogP contribution in [-0.2, 0) is 6.42 Å². The zero-order valence-corrected chi connectivity index (χ0v) is 11.2. The summed E-state index contributed by atoms with van der Waals surface area (Å²) in [6.07, 6.45) is 2.84. The molecule has 20 heavy (non-hydrogen) atoms. The highest BCUT2D eigenvalue weighted by Crippen LogP contribution is 2.21. The van der Waals surface area contributed by atoms with Gasteiger partial charge < -0.3 is 9.84 Å². The minimum absolute atomic E-state index is 0.0674. The highest BCUT2D eigenvalue weighted by atomic mass is 16.6. The number of nitro benzene ring substituents is 1. The summed E-state index contributed by atoms with van der Waals surface area (Å²) in [5, 5.41) is 17.7. The third-order valence-corrected chi connectivity index (χ3v) is 3.03. The molecule has 0 radical (unpaired) electrons. The van der Waals surface area contributed by atoms with E-state index < -0.39 is 0 Å². The maximum Gasteiger partial charge on any atom is 0.269 e. The Bertz CT molecular complexity index is 557. The molecular weight excluding hydrogens is 260 g/mol. The molecule has 0 bridgehead atoms. The van der Waals surface area contributed by atoms with Crippen LogP contribution in [0.1, 0.15) is 30.8 Å². The Hall–Kier alpha value is -2.28. The number of hydrogen-bond acceptors (Lipinski definition) is 6. The molecule has 0 aliphatic rings. The normalized spacial score (nSPS) is 12.2. The smallest absolute Gasteiger partial charge is 0.269 e. The van der Waals surface area contributed by atoms with Crippen molar-refractivity contribution in [2.24, 2.45) is 0 Å². The van der Waals surface area contributed by atoms with Crippen LogP contribution in [0.15, 0.2) is 35.1 Å². The lowest BCUT2D eigenvalue weighted by Gasteiger charge is -2.16. The molecule has 7 heteroatoms. The van der Waals surface area contributed by atoms with E-state index in [2.05, 4.69) is 15.5 Å². The predicted molar refractivity (Wildman–Crippen MR) is 72.1 cm³/mol. The number of nitrogens with zero attached hydrogens (tertiary/aromatic N) is 3. The van der Waals surface area contributed by atoms with Crippen molar-refractivity contribution >= 4 is 5.69 Å². The van der Waals surface area contributed by atoms with Crippen LogP contribution in [0.3, 0.4) is 0 Å². The van der Waals surface area contributed by atoms with Gasteiger partial charge in [0.25, 0.3) is 5.69 Å². The largest absolute Gasteiger partial charge is 0.340 e. The third kappa shape index (κ3) is 3.61. The van der Waals surface area contributed by atoms with Crippen LogP contribution in [0.5, 0.6) is 0 Å². The fraction of sp³-hybridized carbons (Fsp3) is 0.385. The van der Waals surface area contributed by atoms with E-state index in [1.54, 1.807) is 12.1 Å². The fourth-order valence-electron chi connectivity index (χ4n) is 2.01. The van der Waals surface area contributed by atoms with Crippen molar-refractivity contribution in [2.45, 2.75) is 25.8 Å². The first-order valence-corrected chi connectivity index (χ1v) is 6.44. The lowest BCUT2D eigenvalue weighted by Crippen LogP contribution is -2.23. The molecule has 0 saturated carbocycles. The van der Waals surface area contributed by atoms with Gasteiger partial charge in [-0.05, 0) is 12.0 Å². The molecule has 7 nitrogen and oxygen atoms in total. The maximum absolute atomic E-state index is 10.8. The van der Waals surface area contributed by atoms with Crippen molar-refractivity contribution in [1.82, 2.24) is 15.5 Å². The Morgan fingerprint density at radius 1 is 1.50 bits per heavy atom. The maximum atomic E-state index is 10.8. The van der Waals surface area contributed by atoms with Gasteiger partial charge in [0.05, 0.1) is 4.92 Å². The first-order valence-electron chi connectivity index (χ1n) is 6.44. The predicted octanol–water partition coefficient (Wildman–Crippen LogP) is 2.26. The van der Waals surface area contributed by atoms with Crippen molar-refractivity contribution < 1.29 is 9.45 Å². The van der Waals surface area contributed by atoms with E-state index in [0.717, 1.165) is 12.0 Å². The van der Waals surface area contributed by atoms with Crippen molar-refractivity contribution in [3.05, 3.63) is 52.2 Å². The number of rotatable bonds is 7. The van der Waals surface area contributed by atoms with Gasteiger partial charge in [-0.15, -0.1) is 0 Å². The molecule has 0 saturated heterocycles. The minimum atomic E-state index is -0.380. The number of nitro groups is 1. The minimum Gasteiger partial charge on any atom is -0.340 e. The zero-order valence-electron chi connectivity index (χ0n) is 11.2. The second-order valence-electron chi connectivity index (χ2n) is 4.35. The number of hydrogen-bond donors (Lipinski definition) is 1. The summed E-state index contributed by atoms with van der Waals surface area (Å²) in [7, 11) is 0.